The summed E-state index contributed by atoms with van der Waals surface area (Å²) in [6, 6.07) is 0. The quantitative estimate of drug-likeness (QED) is 0.576. The zero-order valence-electron chi connectivity index (χ0n) is 12.6. The third-order valence-electron chi connectivity index (χ3n) is 4.55. The van der Waals surface area contributed by atoms with Crippen molar-refractivity contribution < 1.29 is 14.3 Å². The Labute approximate surface area is 116 Å². The Morgan fingerprint density at radius 1 is 1.42 bits per heavy atom. The van der Waals surface area contributed by atoms with Gasteiger partial charge >= 0.3 is 0 Å². The first-order valence-corrected chi connectivity index (χ1v) is 7.39. The lowest BCUT2D eigenvalue weighted by Crippen LogP contribution is -2.40. The van der Waals surface area contributed by atoms with Crippen LogP contribution in [0.25, 0.3) is 0 Å². The largest absolute Gasteiger partial charge is 0.460 e. The van der Waals surface area contributed by atoms with Crippen molar-refractivity contribution >= 4 is 6.47 Å². The van der Waals surface area contributed by atoms with Gasteiger partial charge in [0.2, 0.25) is 0 Å². The molecule has 0 spiro atoms. The van der Waals surface area contributed by atoms with Gasteiger partial charge < -0.3 is 9.47 Å². The molecule has 108 valence electrons. The van der Waals surface area contributed by atoms with E-state index in [9.17, 15) is 4.79 Å². The van der Waals surface area contributed by atoms with Crippen molar-refractivity contribution in [2.75, 3.05) is 0 Å². The SMILES string of the molecule is CC[C@]12CC[C@H](OC=O)C=C1CC[C@@H]2OC(C)(C)C. The fourth-order valence-electron chi connectivity index (χ4n) is 3.71. The minimum absolute atomic E-state index is 0.0273. The molecule has 3 heteroatoms. The molecule has 0 unspecified atom stereocenters. The van der Waals surface area contributed by atoms with Gasteiger partial charge in [0.15, 0.2) is 0 Å². The topological polar surface area (TPSA) is 35.5 Å². The molecule has 1 saturated carbocycles. The highest BCUT2D eigenvalue weighted by Crippen LogP contribution is 2.54. The molecule has 2 aliphatic rings. The highest BCUT2D eigenvalue weighted by Gasteiger charge is 2.49. The van der Waals surface area contributed by atoms with Gasteiger partial charge in [-0.05, 0) is 59.0 Å². The smallest absolute Gasteiger partial charge is 0.293 e. The summed E-state index contributed by atoms with van der Waals surface area (Å²) in [4.78, 5) is 10.5. The van der Waals surface area contributed by atoms with Crippen LogP contribution in [0.15, 0.2) is 11.6 Å². The Morgan fingerprint density at radius 2 is 2.16 bits per heavy atom. The molecule has 19 heavy (non-hydrogen) atoms. The normalized spacial score (nSPS) is 34.6. The molecule has 1 fully saturated rings. The van der Waals surface area contributed by atoms with E-state index in [0.29, 0.717) is 12.6 Å². The van der Waals surface area contributed by atoms with E-state index >= 15 is 0 Å². The molecule has 0 aromatic rings. The summed E-state index contributed by atoms with van der Waals surface area (Å²) in [7, 11) is 0. The van der Waals surface area contributed by atoms with Gasteiger partial charge in [0, 0.05) is 5.41 Å². The molecule has 2 rings (SSSR count). The van der Waals surface area contributed by atoms with Crippen LogP contribution in [-0.2, 0) is 14.3 Å². The van der Waals surface area contributed by atoms with Crippen LogP contribution in [0.3, 0.4) is 0 Å². The Kier molecular flexibility index (Phi) is 4.05. The summed E-state index contributed by atoms with van der Waals surface area (Å²) in [5.41, 5.74) is 1.52. The first-order valence-electron chi connectivity index (χ1n) is 7.39. The number of rotatable bonds is 4. The molecule has 0 heterocycles. The third kappa shape index (κ3) is 2.86. The predicted molar refractivity (Wildman–Crippen MR) is 74.8 cm³/mol. The van der Waals surface area contributed by atoms with E-state index in [2.05, 4.69) is 33.8 Å². The van der Waals surface area contributed by atoms with Crippen LogP contribution in [0.4, 0.5) is 0 Å². The average Bonchev–Trinajstić information content (AvgIpc) is 2.67. The molecule has 0 N–H and O–H groups in total. The lowest BCUT2D eigenvalue weighted by atomic mass is 9.70. The monoisotopic (exact) mass is 266 g/mol. The van der Waals surface area contributed by atoms with Gasteiger partial charge in [-0.15, -0.1) is 0 Å². The summed E-state index contributed by atoms with van der Waals surface area (Å²) in [6.45, 7) is 9.19. The summed E-state index contributed by atoms with van der Waals surface area (Å²) in [5, 5.41) is 0. The maximum Gasteiger partial charge on any atom is 0.293 e. The highest BCUT2D eigenvalue weighted by molar-refractivity contribution is 5.39. The second-order valence-electron chi connectivity index (χ2n) is 6.77. The van der Waals surface area contributed by atoms with Crippen LogP contribution >= 0.6 is 0 Å². The molecule has 2 aliphatic carbocycles. The first kappa shape index (κ1) is 14.6. The second kappa shape index (κ2) is 5.28. The van der Waals surface area contributed by atoms with Crippen LogP contribution in [0.2, 0.25) is 0 Å². The standard InChI is InChI=1S/C16H26O3/c1-5-16-9-8-13(18-11-17)10-12(16)6-7-14(16)19-15(2,3)4/h10-11,13-14H,5-9H2,1-4H3/t13-,14-,16-/m0/s1. The van der Waals surface area contributed by atoms with Crippen molar-refractivity contribution in [1.29, 1.82) is 0 Å². The van der Waals surface area contributed by atoms with Crippen molar-refractivity contribution in [3.8, 4) is 0 Å². The molecule has 0 saturated heterocycles. The van der Waals surface area contributed by atoms with E-state index in [0.717, 1.165) is 32.1 Å². The van der Waals surface area contributed by atoms with Crippen molar-refractivity contribution in [3.05, 3.63) is 11.6 Å². The van der Waals surface area contributed by atoms with Gasteiger partial charge in [0.25, 0.3) is 6.47 Å². The average molecular weight is 266 g/mol. The molecule has 0 bridgehead atoms. The van der Waals surface area contributed by atoms with E-state index < -0.39 is 0 Å². The van der Waals surface area contributed by atoms with Crippen molar-refractivity contribution in [2.45, 2.75) is 77.6 Å². The van der Waals surface area contributed by atoms with Gasteiger partial charge in [-0.25, -0.2) is 0 Å². The molecule has 0 amide bonds. The highest BCUT2D eigenvalue weighted by atomic mass is 16.5. The van der Waals surface area contributed by atoms with Crippen LogP contribution in [0, 0.1) is 5.41 Å². The van der Waals surface area contributed by atoms with Crippen LogP contribution < -0.4 is 0 Å². The fourth-order valence-corrected chi connectivity index (χ4v) is 3.71. The molecule has 0 aromatic carbocycles. The van der Waals surface area contributed by atoms with Crippen LogP contribution in [0.1, 0.15) is 59.8 Å². The summed E-state index contributed by atoms with van der Waals surface area (Å²) in [5.74, 6) is 0. The van der Waals surface area contributed by atoms with E-state index in [1.165, 1.54) is 5.57 Å². The lowest BCUT2D eigenvalue weighted by molar-refractivity contribution is -0.133. The lowest BCUT2D eigenvalue weighted by Gasteiger charge is -2.42. The summed E-state index contributed by atoms with van der Waals surface area (Å²) < 4.78 is 11.4. The fraction of sp³-hybridized carbons (Fsp3) is 0.812. The van der Waals surface area contributed by atoms with E-state index in [1.807, 2.05) is 0 Å². The molecule has 3 nitrogen and oxygen atoms in total. The maximum atomic E-state index is 10.5. The first-order chi connectivity index (χ1) is 8.91. The number of carbonyl (C=O) groups is 1. The Morgan fingerprint density at radius 3 is 2.74 bits per heavy atom. The van der Waals surface area contributed by atoms with E-state index in [-0.39, 0.29) is 17.1 Å². The number of fused-ring (bicyclic) bond motifs is 1. The van der Waals surface area contributed by atoms with Crippen LogP contribution in [0.5, 0.6) is 0 Å². The zero-order chi connectivity index (χ0) is 14.1. The second-order valence-corrected chi connectivity index (χ2v) is 6.77. The number of carbonyl (C=O) groups excluding carboxylic acids is 1. The maximum absolute atomic E-state index is 10.5. The Bertz CT molecular complexity index is 367. The van der Waals surface area contributed by atoms with Crippen molar-refractivity contribution in [1.82, 2.24) is 0 Å². The summed E-state index contributed by atoms with van der Waals surface area (Å²) in [6.07, 6.45) is 7.70. The number of hydrogen-bond donors (Lipinski definition) is 0. The van der Waals surface area contributed by atoms with Gasteiger partial charge in [-0.3, -0.25) is 4.79 Å². The summed E-state index contributed by atoms with van der Waals surface area (Å²) >= 11 is 0. The van der Waals surface area contributed by atoms with E-state index in [4.69, 9.17) is 9.47 Å². The number of ether oxygens (including phenoxy) is 2. The van der Waals surface area contributed by atoms with Gasteiger partial charge in [0.05, 0.1) is 11.7 Å². The zero-order valence-corrected chi connectivity index (χ0v) is 12.6. The molecule has 0 aromatic heterocycles. The van der Waals surface area contributed by atoms with Crippen molar-refractivity contribution in [3.63, 3.8) is 0 Å². The predicted octanol–water partition coefficient (Wildman–Crippen LogP) is 3.62. The molecule has 0 aliphatic heterocycles. The molecule has 3 atom stereocenters. The third-order valence-corrected chi connectivity index (χ3v) is 4.55. The Hall–Kier alpha value is -0.830. The number of hydrogen-bond acceptors (Lipinski definition) is 3. The molecular weight excluding hydrogens is 240 g/mol. The van der Waals surface area contributed by atoms with Crippen molar-refractivity contribution in [2.24, 2.45) is 5.41 Å². The molecule has 0 radical (unpaired) electrons. The van der Waals surface area contributed by atoms with Gasteiger partial charge in [0.1, 0.15) is 6.10 Å². The Balaban J connectivity index is 2.20. The van der Waals surface area contributed by atoms with Gasteiger partial charge in [-0.2, -0.15) is 0 Å². The minimum atomic E-state index is -0.0988. The van der Waals surface area contributed by atoms with Crippen LogP contribution in [-0.4, -0.2) is 24.3 Å². The molecular formula is C16H26O3. The van der Waals surface area contributed by atoms with Gasteiger partial charge in [-0.1, -0.05) is 12.5 Å². The minimum Gasteiger partial charge on any atom is -0.460 e. The van der Waals surface area contributed by atoms with E-state index in [1.54, 1.807) is 0 Å².